The molecule has 0 aromatic heterocycles. The minimum Gasteiger partial charge on any atom is -0.465 e. The van der Waals surface area contributed by atoms with Crippen molar-refractivity contribution in [2.24, 2.45) is 5.11 Å². The minimum atomic E-state index is -0.504. The molecule has 0 radical (unpaired) electrons. The van der Waals surface area contributed by atoms with Crippen molar-refractivity contribution in [3.8, 4) is 0 Å². The fourth-order valence-electron chi connectivity index (χ4n) is 1.11. The molecule has 0 bridgehead atoms. The Labute approximate surface area is 80.9 Å². The van der Waals surface area contributed by atoms with E-state index in [2.05, 4.69) is 14.8 Å². The molecule has 0 N–H and O–H groups in total. The molecule has 14 heavy (non-hydrogen) atoms. The molecule has 0 aliphatic carbocycles. The van der Waals surface area contributed by atoms with Gasteiger partial charge < -0.3 is 4.74 Å². The second kappa shape index (κ2) is 4.30. The summed E-state index contributed by atoms with van der Waals surface area (Å²) in [4.78, 5) is 13.9. The van der Waals surface area contributed by atoms with Crippen molar-refractivity contribution in [1.29, 1.82) is 0 Å². The Kier molecular flexibility index (Phi) is 3.09. The molecule has 1 aromatic carbocycles. The van der Waals surface area contributed by atoms with Crippen LogP contribution in [0.1, 0.15) is 15.9 Å². The molecule has 0 fully saturated rings. The van der Waals surface area contributed by atoms with Crippen molar-refractivity contribution in [3.63, 3.8) is 0 Å². The van der Waals surface area contributed by atoms with Crippen molar-refractivity contribution >= 4 is 11.7 Å². The maximum absolute atomic E-state index is 11.3. The van der Waals surface area contributed by atoms with Gasteiger partial charge in [-0.25, -0.2) is 4.79 Å². The zero-order valence-corrected chi connectivity index (χ0v) is 7.89. The van der Waals surface area contributed by atoms with Crippen LogP contribution in [0.25, 0.3) is 10.4 Å². The van der Waals surface area contributed by atoms with Crippen molar-refractivity contribution in [2.45, 2.75) is 6.92 Å². The Morgan fingerprint density at radius 2 is 2.29 bits per heavy atom. The maximum atomic E-state index is 11.3. The van der Waals surface area contributed by atoms with Crippen molar-refractivity contribution < 1.29 is 9.53 Å². The number of aryl methyl sites for hydroxylation is 1. The van der Waals surface area contributed by atoms with Gasteiger partial charge in [0.05, 0.1) is 18.4 Å². The molecule has 0 unspecified atom stereocenters. The monoisotopic (exact) mass is 191 g/mol. The van der Waals surface area contributed by atoms with E-state index in [1.165, 1.54) is 7.11 Å². The lowest BCUT2D eigenvalue weighted by Gasteiger charge is -2.04. The molecule has 0 saturated carbocycles. The first-order chi connectivity index (χ1) is 6.70. The van der Waals surface area contributed by atoms with Gasteiger partial charge >= 0.3 is 5.97 Å². The van der Waals surface area contributed by atoms with E-state index < -0.39 is 5.97 Å². The van der Waals surface area contributed by atoms with E-state index in [1.54, 1.807) is 25.1 Å². The molecule has 0 heterocycles. The van der Waals surface area contributed by atoms with Crippen LogP contribution in [0.5, 0.6) is 0 Å². The highest BCUT2D eigenvalue weighted by Crippen LogP contribution is 2.24. The Bertz CT molecular complexity index is 409. The molecule has 1 aromatic rings. The van der Waals surface area contributed by atoms with Crippen LogP contribution in [0.15, 0.2) is 23.3 Å². The highest BCUT2D eigenvalue weighted by atomic mass is 16.5. The quantitative estimate of drug-likeness (QED) is 0.312. The number of benzene rings is 1. The van der Waals surface area contributed by atoms with Gasteiger partial charge in [0.1, 0.15) is 0 Å². The van der Waals surface area contributed by atoms with Crippen LogP contribution in [0.3, 0.4) is 0 Å². The molecule has 0 amide bonds. The number of carbonyl (C=O) groups excluding carboxylic acids is 1. The summed E-state index contributed by atoms with van der Waals surface area (Å²) in [6, 6.07) is 5.03. The molecule has 0 spiro atoms. The number of ether oxygens (including phenoxy) is 1. The molecular weight excluding hydrogens is 182 g/mol. The van der Waals surface area contributed by atoms with Crippen LogP contribution in [0.4, 0.5) is 5.69 Å². The summed E-state index contributed by atoms with van der Waals surface area (Å²) < 4.78 is 4.56. The van der Waals surface area contributed by atoms with E-state index in [1.807, 2.05) is 0 Å². The first kappa shape index (κ1) is 10.1. The number of esters is 1. The van der Waals surface area contributed by atoms with Gasteiger partial charge in [-0.3, -0.25) is 0 Å². The van der Waals surface area contributed by atoms with Gasteiger partial charge in [-0.1, -0.05) is 17.2 Å². The number of methoxy groups -OCH3 is 1. The van der Waals surface area contributed by atoms with Gasteiger partial charge in [0.15, 0.2) is 0 Å². The lowest BCUT2D eigenvalue weighted by atomic mass is 10.1. The normalized spacial score (nSPS) is 9.00. The van der Waals surface area contributed by atoms with Crippen LogP contribution in [0.2, 0.25) is 0 Å². The molecule has 0 aliphatic rings. The smallest absolute Gasteiger partial charge is 0.338 e. The Hall–Kier alpha value is -2.00. The average molecular weight is 191 g/mol. The minimum absolute atomic E-state index is 0.283. The maximum Gasteiger partial charge on any atom is 0.338 e. The molecule has 5 nitrogen and oxygen atoms in total. The second-order valence-electron chi connectivity index (χ2n) is 2.65. The molecule has 1 rings (SSSR count). The third-order valence-electron chi connectivity index (χ3n) is 1.79. The predicted octanol–water partition coefficient (Wildman–Crippen LogP) is 2.72. The summed E-state index contributed by atoms with van der Waals surface area (Å²) in [7, 11) is 1.28. The molecule has 72 valence electrons. The third kappa shape index (κ3) is 1.84. The van der Waals surface area contributed by atoms with Crippen molar-refractivity contribution in [3.05, 3.63) is 39.8 Å². The SMILES string of the molecule is COC(=O)c1cccc(C)c1N=[N+]=[N-]. The first-order valence-electron chi connectivity index (χ1n) is 3.93. The van der Waals surface area contributed by atoms with Gasteiger partial charge in [0.2, 0.25) is 0 Å². The van der Waals surface area contributed by atoms with Gasteiger partial charge in [0.25, 0.3) is 0 Å². The average Bonchev–Trinajstić information content (AvgIpc) is 2.20. The highest BCUT2D eigenvalue weighted by molar-refractivity contribution is 5.95. The number of hydrogen-bond acceptors (Lipinski definition) is 3. The molecule has 0 atom stereocenters. The van der Waals surface area contributed by atoms with Gasteiger partial charge in [-0.15, -0.1) is 0 Å². The van der Waals surface area contributed by atoms with E-state index in [0.717, 1.165) is 5.56 Å². The van der Waals surface area contributed by atoms with E-state index in [9.17, 15) is 4.79 Å². The molecular formula is C9H9N3O2. The largest absolute Gasteiger partial charge is 0.465 e. The van der Waals surface area contributed by atoms with Crippen LogP contribution in [0, 0.1) is 6.92 Å². The summed E-state index contributed by atoms with van der Waals surface area (Å²) in [5, 5.41) is 3.45. The molecule has 0 aliphatic heterocycles. The Balaban J connectivity index is 3.34. The number of carbonyl (C=O) groups is 1. The second-order valence-corrected chi connectivity index (χ2v) is 2.65. The number of hydrogen-bond donors (Lipinski definition) is 0. The Morgan fingerprint density at radius 3 is 2.86 bits per heavy atom. The van der Waals surface area contributed by atoms with Crippen LogP contribution in [-0.4, -0.2) is 13.1 Å². The fourth-order valence-corrected chi connectivity index (χ4v) is 1.11. The lowest BCUT2D eigenvalue weighted by molar-refractivity contribution is 0.0601. The summed E-state index contributed by atoms with van der Waals surface area (Å²) in [5.41, 5.74) is 9.67. The van der Waals surface area contributed by atoms with Crippen LogP contribution in [-0.2, 0) is 4.74 Å². The standard InChI is InChI=1S/C9H9N3O2/c1-6-4-3-5-7(9(13)14-2)8(6)11-12-10/h3-5H,1-2H3. The third-order valence-corrected chi connectivity index (χ3v) is 1.79. The van der Waals surface area contributed by atoms with Crippen LogP contribution < -0.4 is 0 Å². The van der Waals surface area contributed by atoms with Crippen molar-refractivity contribution in [1.82, 2.24) is 0 Å². The fraction of sp³-hybridized carbons (Fsp3) is 0.222. The summed E-state index contributed by atoms with van der Waals surface area (Å²) >= 11 is 0. The zero-order valence-electron chi connectivity index (χ0n) is 7.89. The van der Waals surface area contributed by atoms with E-state index >= 15 is 0 Å². The zero-order chi connectivity index (χ0) is 10.6. The van der Waals surface area contributed by atoms with E-state index in [-0.39, 0.29) is 5.56 Å². The van der Waals surface area contributed by atoms with Gasteiger partial charge in [-0.2, -0.15) is 0 Å². The first-order valence-corrected chi connectivity index (χ1v) is 3.93. The van der Waals surface area contributed by atoms with Crippen molar-refractivity contribution in [2.75, 3.05) is 7.11 Å². The number of rotatable bonds is 2. The molecule has 5 heteroatoms. The molecule has 0 saturated heterocycles. The van der Waals surface area contributed by atoms with E-state index in [4.69, 9.17) is 5.53 Å². The summed E-state index contributed by atoms with van der Waals surface area (Å²) in [5.74, 6) is -0.504. The Morgan fingerprint density at radius 1 is 1.57 bits per heavy atom. The topological polar surface area (TPSA) is 75.1 Å². The summed E-state index contributed by atoms with van der Waals surface area (Å²) in [6.45, 7) is 1.76. The number of nitrogens with zero attached hydrogens (tertiary/aromatic N) is 3. The lowest BCUT2D eigenvalue weighted by Crippen LogP contribution is -2.01. The van der Waals surface area contributed by atoms with Gasteiger partial charge in [0, 0.05) is 4.91 Å². The number of azide groups is 1. The van der Waals surface area contributed by atoms with Crippen LogP contribution >= 0.6 is 0 Å². The summed E-state index contributed by atoms with van der Waals surface area (Å²) in [6.07, 6.45) is 0. The highest BCUT2D eigenvalue weighted by Gasteiger charge is 2.11. The predicted molar refractivity (Wildman–Crippen MR) is 51.3 cm³/mol. The van der Waals surface area contributed by atoms with E-state index in [0.29, 0.717) is 5.69 Å². The van der Waals surface area contributed by atoms with Gasteiger partial charge in [-0.05, 0) is 24.1 Å².